The van der Waals surface area contributed by atoms with Gasteiger partial charge in [0.15, 0.2) is 0 Å². The number of carbonyl (C=O) groups is 1. The summed E-state index contributed by atoms with van der Waals surface area (Å²) < 4.78 is 13.8. The van der Waals surface area contributed by atoms with E-state index in [0.717, 1.165) is 12.8 Å². The molecule has 0 unspecified atom stereocenters. The fraction of sp³-hybridized carbons (Fsp3) is 0.278. The lowest BCUT2D eigenvalue weighted by Crippen LogP contribution is -2.39. The van der Waals surface area contributed by atoms with Crippen LogP contribution in [-0.2, 0) is 11.2 Å². The molecule has 5 heteroatoms. The first-order valence-corrected chi connectivity index (χ1v) is 8.02. The number of benzene rings is 2. The largest absolute Gasteiger partial charge is 0.322 e. The Morgan fingerprint density at radius 1 is 1.30 bits per heavy atom. The Hall–Kier alpha value is -1.91. The first-order chi connectivity index (χ1) is 11.0. The summed E-state index contributed by atoms with van der Waals surface area (Å²) in [7, 11) is 0. The van der Waals surface area contributed by atoms with Crippen LogP contribution >= 0.6 is 11.6 Å². The van der Waals surface area contributed by atoms with Crippen LogP contribution in [0.3, 0.4) is 0 Å². The molecular formula is C18H18ClFN2O. The number of hydrogen-bond donors (Lipinski definition) is 2. The number of hydrogen-bond acceptors (Lipinski definition) is 2. The highest BCUT2D eigenvalue weighted by Gasteiger charge is 2.25. The standard InChI is InChI=1S/C18H18ClFN2O/c1-11(18(23)22-17-9-7-13(19)10-15(17)20)21-16-8-6-12-4-2-3-5-14(12)16/h2-5,7,9-11,16,21H,6,8H2,1H3,(H,22,23)/t11-,16-/m0/s1. The number of amides is 1. The predicted molar refractivity (Wildman–Crippen MR) is 90.1 cm³/mol. The summed E-state index contributed by atoms with van der Waals surface area (Å²) in [6, 6.07) is 12.2. The van der Waals surface area contributed by atoms with Crippen LogP contribution in [0.15, 0.2) is 42.5 Å². The summed E-state index contributed by atoms with van der Waals surface area (Å²) in [6.45, 7) is 1.78. The van der Waals surface area contributed by atoms with Crippen molar-refractivity contribution in [3.63, 3.8) is 0 Å². The van der Waals surface area contributed by atoms with Gasteiger partial charge in [-0.25, -0.2) is 4.39 Å². The molecular weight excluding hydrogens is 315 g/mol. The number of aryl methyl sites for hydroxylation is 1. The van der Waals surface area contributed by atoms with Crippen molar-refractivity contribution in [2.45, 2.75) is 31.8 Å². The molecule has 0 bridgehead atoms. The normalized spacial score (nSPS) is 17.6. The molecule has 23 heavy (non-hydrogen) atoms. The first-order valence-electron chi connectivity index (χ1n) is 7.64. The molecule has 1 aliphatic rings. The highest BCUT2D eigenvalue weighted by atomic mass is 35.5. The molecule has 0 heterocycles. The molecule has 0 radical (unpaired) electrons. The maximum absolute atomic E-state index is 13.8. The molecule has 120 valence electrons. The number of anilines is 1. The van der Waals surface area contributed by atoms with Gasteiger partial charge in [-0.15, -0.1) is 0 Å². The molecule has 2 aromatic carbocycles. The van der Waals surface area contributed by atoms with Crippen molar-refractivity contribution in [2.75, 3.05) is 5.32 Å². The number of carbonyl (C=O) groups excluding carboxylic acids is 1. The second kappa shape index (κ2) is 6.69. The van der Waals surface area contributed by atoms with Crippen molar-refractivity contribution < 1.29 is 9.18 Å². The molecule has 1 aliphatic carbocycles. The van der Waals surface area contributed by atoms with E-state index in [2.05, 4.69) is 22.8 Å². The van der Waals surface area contributed by atoms with Crippen molar-refractivity contribution >= 4 is 23.2 Å². The Morgan fingerprint density at radius 3 is 2.87 bits per heavy atom. The van der Waals surface area contributed by atoms with E-state index in [1.807, 2.05) is 12.1 Å². The fourth-order valence-corrected chi connectivity index (χ4v) is 3.10. The topological polar surface area (TPSA) is 41.1 Å². The highest BCUT2D eigenvalue weighted by molar-refractivity contribution is 6.30. The minimum absolute atomic E-state index is 0.139. The van der Waals surface area contributed by atoms with Crippen LogP contribution in [0.5, 0.6) is 0 Å². The van der Waals surface area contributed by atoms with Crippen LogP contribution in [0.4, 0.5) is 10.1 Å². The van der Waals surface area contributed by atoms with Gasteiger partial charge in [-0.05, 0) is 49.1 Å². The number of halogens is 2. The fourth-order valence-electron chi connectivity index (χ4n) is 2.94. The van der Waals surface area contributed by atoms with E-state index >= 15 is 0 Å². The predicted octanol–water partition coefficient (Wildman–Crippen LogP) is 4.08. The van der Waals surface area contributed by atoms with Crippen molar-refractivity contribution in [2.24, 2.45) is 0 Å². The third-order valence-electron chi connectivity index (χ3n) is 4.17. The van der Waals surface area contributed by atoms with Gasteiger partial charge in [0.2, 0.25) is 5.91 Å². The lowest BCUT2D eigenvalue weighted by molar-refractivity contribution is -0.118. The quantitative estimate of drug-likeness (QED) is 0.885. The van der Waals surface area contributed by atoms with Gasteiger partial charge < -0.3 is 5.32 Å². The van der Waals surface area contributed by atoms with Gasteiger partial charge in [0.25, 0.3) is 0 Å². The minimum atomic E-state index is -0.538. The zero-order valence-corrected chi connectivity index (χ0v) is 13.5. The number of fused-ring (bicyclic) bond motifs is 1. The van der Waals surface area contributed by atoms with E-state index in [-0.39, 0.29) is 17.6 Å². The second-order valence-electron chi connectivity index (χ2n) is 5.79. The summed E-state index contributed by atoms with van der Waals surface area (Å²) >= 11 is 5.71. The van der Waals surface area contributed by atoms with Gasteiger partial charge in [-0.3, -0.25) is 10.1 Å². The molecule has 1 amide bonds. The van der Waals surface area contributed by atoms with Gasteiger partial charge in [0, 0.05) is 11.1 Å². The minimum Gasteiger partial charge on any atom is -0.322 e. The molecule has 0 aromatic heterocycles. The molecule has 2 N–H and O–H groups in total. The summed E-state index contributed by atoms with van der Waals surface area (Å²) in [5.41, 5.74) is 2.70. The third-order valence-corrected chi connectivity index (χ3v) is 4.40. The van der Waals surface area contributed by atoms with Crippen LogP contribution in [0.25, 0.3) is 0 Å². The van der Waals surface area contributed by atoms with E-state index < -0.39 is 11.9 Å². The average molecular weight is 333 g/mol. The summed E-state index contributed by atoms with van der Waals surface area (Å²) in [4.78, 5) is 12.3. The van der Waals surface area contributed by atoms with Crippen molar-refractivity contribution in [1.29, 1.82) is 0 Å². The Labute approximate surface area is 139 Å². The summed E-state index contributed by atoms with van der Waals surface area (Å²) in [6.07, 6.45) is 1.97. The van der Waals surface area contributed by atoms with Gasteiger partial charge in [0.1, 0.15) is 5.82 Å². The summed E-state index contributed by atoms with van der Waals surface area (Å²) in [5.74, 6) is -0.806. The maximum atomic E-state index is 13.8. The SMILES string of the molecule is C[C@H](N[C@H]1CCc2ccccc21)C(=O)Nc1ccc(Cl)cc1F. The van der Waals surface area contributed by atoms with Crippen molar-refractivity contribution in [3.8, 4) is 0 Å². The van der Waals surface area contributed by atoms with Crippen LogP contribution < -0.4 is 10.6 Å². The maximum Gasteiger partial charge on any atom is 0.241 e. The van der Waals surface area contributed by atoms with Gasteiger partial charge in [0.05, 0.1) is 11.7 Å². The Morgan fingerprint density at radius 2 is 2.09 bits per heavy atom. The zero-order valence-electron chi connectivity index (χ0n) is 12.8. The van der Waals surface area contributed by atoms with E-state index in [1.165, 1.54) is 23.3 Å². The van der Waals surface area contributed by atoms with Crippen LogP contribution in [0, 0.1) is 5.82 Å². The first kappa shape index (κ1) is 16.0. The number of nitrogens with one attached hydrogen (secondary N) is 2. The molecule has 0 saturated carbocycles. The molecule has 2 atom stereocenters. The lowest BCUT2D eigenvalue weighted by Gasteiger charge is -2.20. The van der Waals surface area contributed by atoms with Crippen LogP contribution in [-0.4, -0.2) is 11.9 Å². The molecule has 0 saturated heterocycles. The summed E-state index contributed by atoms with van der Waals surface area (Å²) in [5, 5.41) is 6.23. The van der Waals surface area contributed by atoms with Gasteiger partial charge in [-0.2, -0.15) is 0 Å². The van der Waals surface area contributed by atoms with E-state index in [4.69, 9.17) is 11.6 Å². The highest BCUT2D eigenvalue weighted by Crippen LogP contribution is 2.31. The second-order valence-corrected chi connectivity index (χ2v) is 6.23. The van der Waals surface area contributed by atoms with Gasteiger partial charge >= 0.3 is 0 Å². The average Bonchev–Trinajstić information content (AvgIpc) is 2.93. The van der Waals surface area contributed by atoms with Crippen molar-refractivity contribution in [3.05, 3.63) is 64.4 Å². The van der Waals surface area contributed by atoms with Crippen LogP contribution in [0.2, 0.25) is 5.02 Å². The van der Waals surface area contributed by atoms with Crippen molar-refractivity contribution in [1.82, 2.24) is 5.32 Å². The molecule has 0 spiro atoms. The van der Waals surface area contributed by atoms with Gasteiger partial charge in [-0.1, -0.05) is 35.9 Å². The Kier molecular flexibility index (Phi) is 4.64. The van der Waals surface area contributed by atoms with E-state index in [1.54, 1.807) is 13.0 Å². The van der Waals surface area contributed by atoms with E-state index in [9.17, 15) is 9.18 Å². The monoisotopic (exact) mass is 332 g/mol. The molecule has 3 nitrogen and oxygen atoms in total. The lowest BCUT2D eigenvalue weighted by atomic mass is 10.1. The molecule has 2 aromatic rings. The Balaban J connectivity index is 1.64. The molecule has 0 aliphatic heterocycles. The third kappa shape index (κ3) is 3.54. The molecule has 0 fully saturated rings. The Bertz CT molecular complexity index is 735. The number of rotatable bonds is 4. The zero-order chi connectivity index (χ0) is 16.4. The van der Waals surface area contributed by atoms with E-state index in [0.29, 0.717) is 5.02 Å². The smallest absolute Gasteiger partial charge is 0.241 e. The van der Waals surface area contributed by atoms with Crippen LogP contribution in [0.1, 0.15) is 30.5 Å². The molecule has 3 rings (SSSR count).